The fraction of sp³-hybridized carbons (Fsp3) is 0.300. The van der Waals surface area contributed by atoms with E-state index in [1.54, 1.807) is 16.8 Å². The quantitative estimate of drug-likeness (QED) is 0.707. The second-order valence-electron chi connectivity index (χ2n) is 6.65. The molecule has 2 heterocycles. The fourth-order valence-corrected chi connectivity index (χ4v) is 3.26. The molecular weight excluding hydrogens is 331 g/mol. The Labute approximate surface area is 152 Å². The first-order valence-electron chi connectivity index (χ1n) is 8.73. The number of ether oxygens (including phenoxy) is 1. The number of hydrogen-bond donors (Lipinski definition) is 0. The largest absolute Gasteiger partial charge is 0.356 e. The van der Waals surface area contributed by atoms with E-state index in [2.05, 4.69) is 46.4 Å². The Morgan fingerprint density at radius 1 is 1.12 bits per heavy atom. The molecule has 0 saturated carbocycles. The molecule has 1 fully saturated rings. The average Bonchev–Trinajstić information content (AvgIpc) is 3.26. The van der Waals surface area contributed by atoms with E-state index in [0.717, 1.165) is 24.3 Å². The normalized spacial score (nSPS) is 17.7. The molecule has 1 saturated heterocycles. The minimum Gasteiger partial charge on any atom is -0.356 e. The molecule has 0 aliphatic carbocycles. The van der Waals surface area contributed by atoms with E-state index in [9.17, 15) is 4.39 Å². The molecule has 2 aromatic carbocycles. The van der Waals surface area contributed by atoms with Crippen molar-refractivity contribution in [3.63, 3.8) is 0 Å². The minimum atomic E-state index is -0.237. The lowest BCUT2D eigenvalue weighted by molar-refractivity contribution is 0.0252. The van der Waals surface area contributed by atoms with Gasteiger partial charge in [0.15, 0.2) is 6.23 Å². The molecule has 6 heteroatoms. The first-order valence-corrected chi connectivity index (χ1v) is 8.73. The van der Waals surface area contributed by atoms with Crippen LogP contribution in [0.5, 0.6) is 0 Å². The number of benzene rings is 2. The Hall–Kier alpha value is -2.57. The van der Waals surface area contributed by atoms with Crippen LogP contribution in [0.4, 0.5) is 4.39 Å². The zero-order valence-electron chi connectivity index (χ0n) is 14.7. The molecule has 0 spiro atoms. The van der Waals surface area contributed by atoms with Crippen molar-refractivity contribution < 1.29 is 9.13 Å². The monoisotopic (exact) mass is 352 g/mol. The van der Waals surface area contributed by atoms with Gasteiger partial charge in [-0.25, -0.2) is 9.07 Å². The fourth-order valence-electron chi connectivity index (χ4n) is 3.26. The van der Waals surface area contributed by atoms with Crippen LogP contribution in [-0.2, 0) is 17.8 Å². The van der Waals surface area contributed by atoms with Crippen molar-refractivity contribution >= 4 is 0 Å². The van der Waals surface area contributed by atoms with Crippen LogP contribution < -0.4 is 0 Å². The lowest BCUT2D eigenvalue weighted by Gasteiger charge is -2.21. The van der Waals surface area contributed by atoms with Crippen molar-refractivity contribution in [1.82, 2.24) is 19.9 Å². The number of rotatable bonds is 5. The summed E-state index contributed by atoms with van der Waals surface area (Å²) in [5.41, 5.74) is 4.30. The summed E-state index contributed by atoms with van der Waals surface area (Å²) in [5.74, 6) is -0.237. The molecular formula is C20H21FN4O. The highest BCUT2D eigenvalue weighted by molar-refractivity contribution is 5.22. The molecule has 1 atom stereocenters. The standard InChI is InChI=1S/C20H21FN4O/c1-15-3-2-4-17(11-15)12-24-9-10-26-20(24)19-14-25(23-22-19)13-16-5-7-18(21)8-6-16/h2-8,11,14,20H,9-10,12-13H2,1H3/t20-/m1/s1. The minimum absolute atomic E-state index is 0.183. The van der Waals surface area contributed by atoms with Crippen LogP contribution in [-0.4, -0.2) is 33.0 Å². The number of halogens is 1. The highest BCUT2D eigenvalue weighted by Gasteiger charge is 2.29. The number of hydrogen-bond acceptors (Lipinski definition) is 4. The van der Waals surface area contributed by atoms with E-state index in [4.69, 9.17) is 4.74 Å². The molecule has 0 N–H and O–H groups in total. The van der Waals surface area contributed by atoms with E-state index in [1.807, 2.05) is 6.20 Å². The van der Waals surface area contributed by atoms with Crippen molar-refractivity contribution in [1.29, 1.82) is 0 Å². The van der Waals surface area contributed by atoms with Crippen LogP contribution in [0.25, 0.3) is 0 Å². The van der Waals surface area contributed by atoms with Gasteiger partial charge in [0.1, 0.15) is 11.5 Å². The Bertz CT molecular complexity index is 878. The van der Waals surface area contributed by atoms with Crippen LogP contribution in [0, 0.1) is 12.7 Å². The van der Waals surface area contributed by atoms with Gasteiger partial charge < -0.3 is 4.74 Å². The smallest absolute Gasteiger partial charge is 0.157 e. The van der Waals surface area contributed by atoms with E-state index < -0.39 is 0 Å². The van der Waals surface area contributed by atoms with Gasteiger partial charge in [-0.05, 0) is 30.2 Å². The third-order valence-corrected chi connectivity index (χ3v) is 4.52. The zero-order valence-corrected chi connectivity index (χ0v) is 14.7. The molecule has 4 rings (SSSR count). The maximum Gasteiger partial charge on any atom is 0.157 e. The third-order valence-electron chi connectivity index (χ3n) is 4.52. The first kappa shape index (κ1) is 16.9. The first-order chi connectivity index (χ1) is 12.7. The summed E-state index contributed by atoms with van der Waals surface area (Å²) in [6, 6.07) is 14.9. The van der Waals surface area contributed by atoms with Gasteiger partial charge in [-0.15, -0.1) is 5.10 Å². The predicted molar refractivity (Wildman–Crippen MR) is 95.8 cm³/mol. The molecule has 1 aromatic heterocycles. The van der Waals surface area contributed by atoms with Gasteiger partial charge >= 0.3 is 0 Å². The van der Waals surface area contributed by atoms with Crippen LogP contribution >= 0.6 is 0 Å². The third kappa shape index (κ3) is 3.81. The van der Waals surface area contributed by atoms with Gasteiger partial charge in [0.2, 0.25) is 0 Å². The molecule has 1 aliphatic heterocycles. The summed E-state index contributed by atoms with van der Waals surface area (Å²) in [4.78, 5) is 2.26. The Morgan fingerprint density at radius 3 is 2.77 bits per heavy atom. The molecule has 1 aliphatic rings. The molecule has 26 heavy (non-hydrogen) atoms. The van der Waals surface area contributed by atoms with E-state index in [-0.39, 0.29) is 12.0 Å². The number of nitrogens with zero attached hydrogens (tertiary/aromatic N) is 4. The van der Waals surface area contributed by atoms with Gasteiger partial charge in [0, 0.05) is 13.1 Å². The van der Waals surface area contributed by atoms with Crippen LogP contribution in [0.15, 0.2) is 54.7 Å². The lowest BCUT2D eigenvalue weighted by atomic mass is 10.1. The highest BCUT2D eigenvalue weighted by Crippen LogP contribution is 2.27. The SMILES string of the molecule is Cc1cccc(CN2CCO[C@@H]2c2cn(Cc3ccc(F)cc3)nn2)c1. The van der Waals surface area contributed by atoms with Crippen LogP contribution in [0.3, 0.4) is 0 Å². The average molecular weight is 352 g/mol. The second kappa shape index (κ2) is 7.35. The molecule has 0 unspecified atom stereocenters. The van der Waals surface area contributed by atoms with Gasteiger partial charge in [-0.3, -0.25) is 4.90 Å². The van der Waals surface area contributed by atoms with Crippen molar-refractivity contribution in [2.75, 3.05) is 13.2 Å². The van der Waals surface area contributed by atoms with Crippen LogP contribution in [0.2, 0.25) is 0 Å². The Morgan fingerprint density at radius 2 is 1.96 bits per heavy atom. The summed E-state index contributed by atoms with van der Waals surface area (Å²) in [7, 11) is 0. The maximum absolute atomic E-state index is 13.0. The second-order valence-corrected chi connectivity index (χ2v) is 6.65. The van der Waals surface area contributed by atoms with Crippen molar-refractivity contribution in [2.45, 2.75) is 26.2 Å². The van der Waals surface area contributed by atoms with Gasteiger partial charge in [0.05, 0.1) is 19.3 Å². The summed E-state index contributed by atoms with van der Waals surface area (Å²) in [6.45, 7) is 5.02. The van der Waals surface area contributed by atoms with Gasteiger partial charge in [-0.2, -0.15) is 0 Å². The Balaban J connectivity index is 1.46. The highest BCUT2D eigenvalue weighted by atomic mass is 19.1. The van der Waals surface area contributed by atoms with E-state index >= 15 is 0 Å². The molecule has 0 amide bonds. The molecule has 3 aromatic rings. The predicted octanol–water partition coefficient (Wildman–Crippen LogP) is 3.30. The van der Waals surface area contributed by atoms with Crippen molar-refractivity contribution in [3.8, 4) is 0 Å². The van der Waals surface area contributed by atoms with Gasteiger partial charge in [0.25, 0.3) is 0 Å². The van der Waals surface area contributed by atoms with Crippen LogP contribution in [0.1, 0.15) is 28.6 Å². The van der Waals surface area contributed by atoms with E-state index in [0.29, 0.717) is 13.2 Å². The zero-order chi connectivity index (χ0) is 17.9. The molecule has 134 valence electrons. The number of aromatic nitrogens is 3. The number of aryl methyl sites for hydroxylation is 1. The summed E-state index contributed by atoms with van der Waals surface area (Å²) < 4.78 is 20.7. The summed E-state index contributed by atoms with van der Waals surface area (Å²) in [5, 5.41) is 8.49. The summed E-state index contributed by atoms with van der Waals surface area (Å²) in [6.07, 6.45) is 1.72. The topological polar surface area (TPSA) is 43.2 Å². The van der Waals surface area contributed by atoms with E-state index in [1.165, 1.54) is 23.3 Å². The molecule has 0 bridgehead atoms. The maximum atomic E-state index is 13.0. The molecule has 5 nitrogen and oxygen atoms in total. The van der Waals surface area contributed by atoms with Crippen molar-refractivity contribution in [2.24, 2.45) is 0 Å². The van der Waals surface area contributed by atoms with Crippen molar-refractivity contribution in [3.05, 3.63) is 82.9 Å². The molecule has 0 radical (unpaired) electrons. The van der Waals surface area contributed by atoms with Gasteiger partial charge in [-0.1, -0.05) is 47.2 Å². The summed E-state index contributed by atoms with van der Waals surface area (Å²) >= 11 is 0. The lowest BCUT2D eigenvalue weighted by Crippen LogP contribution is -2.23. The Kier molecular flexibility index (Phi) is 4.77.